The molecule has 68 valence electrons. The third-order valence-corrected chi connectivity index (χ3v) is 3.37. The van der Waals surface area contributed by atoms with Crippen LogP contribution in [0.15, 0.2) is 0 Å². The van der Waals surface area contributed by atoms with Crippen molar-refractivity contribution in [3.05, 3.63) is 0 Å². The molecule has 1 aliphatic heterocycles. The Morgan fingerprint density at radius 3 is 2.67 bits per heavy atom. The van der Waals surface area contributed by atoms with Crippen LogP contribution in [-0.2, 0) is 4.79 Å². The summed E-state index contributed by atoms with van der Waals surface area (Å²) in [6.07, 6.45) is 6.68. The van der Waals surface area contributed by atoms with Crippen molar-refractivity contribution >= 4 is 5.78 Å². The molecule has 0 aromatic carbocycles. The molecule has 2 aliphatic rings. The summed E-state index contributed by atoms with van der Waals surface area (Å²) in [5.74, 6) is 0.529. The summed E-state index contributed by atoms with van der Waals surface area (Å²) in [6, 6.07) is 0. The summed E-state index contributed by atoms with van der Waals surface area (Å²) in [6.45, 7) is 2.06. The molecule has 1 saturated heterocycles. The first-order chi connectivity index (χ1) is 5.83. The number of carbonyl (C=O) groups excluding carboxylic acids is 1. The maximum atomic E-state index is 11.7. The van der Waals surface area contributed by atoms with Gasteiger partial charge in [-0.2, -0.15) is 0 Å². The highest BCUT2D eigenvalue weighted by atomic mass is 16.1. The summed E-state index contributed by atoms with van der Waals surface area (Å²) in [4.78, 5) is 11.7. The Labute approximate surface area is 73.7 Å². The molecule has 1 saturated carbocycles. The van der Waals surface area contributed by atoms with Crippen LogP contribution in [0.4, 0.5) is 0 Å². The van der Waals surface area contributed by atoms with E-state index in [2.05, 4.69) is 5.32 Å². The van der Waals surface area contributed by atoms with E-state index in [1.165, 1.54) is 12.8 Å². The first-order valence-corrected chi connectivity index (χ1v) is 5.08. The molecule has 1 spiro atoms. The zero-order valence-electron chi connectivity index (χ0n) is 7.57. The van der Waals surface area contributed by atoms with E-state index in [0.717, 1.165) is 38.8 Å². The summed E-state index contributed by atoms with van der Waals surface area (Å²) in [5, 5.41) is 3.35. The van der Waals surface area contributed by atoms with Gasteiger partial charge in [-0.25, -0.2) is 0 Å². The number of carbonyl (C=O) groups is 1. The molecule has 0 amide bonds. The lowest BCUT2D eigenvalue weighted by Crippen LogP contribution is -2.46. The van der Waals surface area contributed by atoms with Gasteiger partial charge >= 0.3 is 0 Å². The van der Waals surface area contributed by atoms with Crippen molar-refractivity contribution in [2.24, 2.45) is 5.41 Å². The number of ketones is 1. The van der Waals surface area contributed by atoms with Crippen molar-refractivity contribution in [2.75, 3.05) is 13.1 Å². The monoisotopic (exact) mass is 167 g/mol. The Kier molecular flexibility index (Phi) is 2.18. The van der Waals surface area contributed by atoms with Gasteiger partial charge in [-0.05, 0) is 32.2 Å². The molecular weight excluding hydrogens is 150 g/mol. The Morgan fingerprint density at radius 1 is 1.17 bits per heavy atom. The summed E-state index contributed by atoms with van der Waals surface area (Å²) in [5.41, 5.74) is 0.0660. The predicted octanol–water partition coefficient (Wildman–Crippen LogP) is 1.50. The Bertz CT molecular complexity index is 174. The Balaban J connectivity index is 2.09. The fraction of sp³-hybridized carbons (Fsp3) is 0.900. The highest BCUT2D eigenvalue weighted by molar-refractivity contribution is 5.85. The van der Waals surface area contributed by atoms with Gasteiger partial charge in [-0.1, -0.05) is 6.42 Å². The maximum Gasteiger partial charge on any atom is 0.140 e. The third kappa shape index (κ3) is 1.28. The largest absolute Gasteiger partial charge is 0.316 e. The van der Waals surface area contributed by atoms with Crippen LogP contribution in [0.25, 0.3) is 0 Å². The second kappa shape index (κ2) is 3.17. The standard InChI is InChI=1S/C10H17NO/c12-9-4-1-2-5-10(9)6-3-7-11-8-10/h11H,1-8H2. The molecule has 1 aliphatic carbocycles. The summed E-state index contributed by atoms with van der Waals surface area (Å²) < 4.78 is 0. The highest BCUT2D eigenvalue weighted by Crippen LogP contribution is 2.38. The number of hydrogen-bond donors (Lipinski definition) is 1. The molecule has 2 nitrogen and oxygen atoms in total. The van der Waals surface area contributed by atoms with Gasteiger partial charge in [0, 0.05) is 18.4 Å². The lowest BCUT2D eigenvalue weighted by Gasteiger charge is -2.39. The van der Waals surface area contributed by atoms with Crippen molar-refractivity contribution in [3.8, 4) is 0 Å². The van der Waals surface area contributed by atoms with E-state index in [9.17, 15) is 4.79 Å². The first-order valence-electron chi connectivity index (χ1n) is 5.08. The van der Waals surface area contributed by atoms with Gasteiger partial charge in [-0.15, -0.1) is 0 Å². The van der Waals surface area contributed by atoms with E-state index in [1.807, 2.05) is 0 Å². The average molecular weight is 167 g/mol. The summed E-state index contributed by atoms with van der Waals surface area (Å²) >= 11 is 0. The van der Waals surface area contributed by atoms with E-state index < -0.39 is 0 Å². The quantitative estimate of drug-likeness (QED) is 0.592. The second-order valence-corrected chi connectivity index (χ2v) is 4.19. The van der Waals surface area contributed by atoms with E-state index >= 15 is 0 Å². The molecule has 2 heteroatoms. The number of nitrogens with one attached hydrogen (secondary N) is 1. The number of rotatable bonds is 0. The number of piperidine rings is 1. The van der Waals surface area contributed by atoms with Crippen LogP contribution in [0, 0.1) is 5.41 Å². The zero-order chi connectivity index (χ0) is 8.44. The molecule has 0 bridgehead atoms. The van der Waals surface area contributed by atoms with Gasteiger partial charge < -0.3 is 5.32 Å². The molecule has 1 atom stereocenters. The molecule has 2 fully saturated rings. The molecule has 1 N–H and O–H groups in total. The van der Waals surface area contributed by atoms with Crippen LogP contribution >= 0.6 is 0 Å². The normalized spacial score (nSPS) is 37.2. The van der Waals surface area contributed by atoms with Crippen LogP contribution in [0.5, 0.6) is 0 Å². The number of hydrogen-bond acceptors (Lipinski definition) is 2. The van der Waals surface area contributed by atoms with Gasteiger partial charge in [0.15, 0.2) is 0 Å². The van der Waals surface area contributed by atoms with Crippen LogP contribution in [0.3, 0.4) is 0 Å². The fourth-order valence-electron chi connectivity index (χ4n) is 2.57. The molecule has 0 aromatic heterocycles. The lowest BCUT2D eigenvalue weighted by atomic mass is 9.69. The van der Waals surface area contributed by atoms with Crippen LogP contribution < -0.4 is 5.32 Å². The van der Waals surface area contributed by atoms with E-state index in [4.69, 9.17) is 0 Å². The SMILES string of the molecule is O=C1CCCCC12CCCNC2. The van der Waals surface area contributed by atoms with Gasteiger partial charge in [-0.3, -0.25) is 4.79 Å². The second-order valence-electron chi connectivity index (χ2n) is 4.19. The minimum absolute atomic E-state index is 0.0660. The zero-order valence-corrected chi connectivity index (χ0v) is 7.57. The van der Waals surface area contributed by atoms with Gasteiger partial charge in [0.2, 0.25) is 0 Å². The molecule has 2 rings (SSSR count). The molecule has 1 unspecified atom stereocenters. The van der Waals surface area contributed by atoms with Crippen molar-refractivity contribution < 1.29 is 4.79 Å². The van der Waals surface area contributed by atoms with E-state index in [1.54, 1.807) is 0 Å². The van der Waals surface area contributed by atoms with Crippen LogP contribution in [0.1, 0.15) is 38.5 Å². The average Bonchev–Trinajstić information content (AvgIpc) is 2.12. The number of Topliss-reactive ketones (excluding diaryl/α,β-unsaturated/α-hetero) is 1. The molecule has 12 heavy (non-hydrogen) atoms. The van der Waals surface area contributed by atoms with Crippen molar-refractivity contribution in [1.29, 1.82) is 0 Å². The highest BCUT2D eigenvalue weighted by Gasteiger charge is 2.40. The van der Waals surface area contributed by atoms with Crippen LogP contribution in [0.2, 0.25) is 0 Å². The van der Waals surface area contributed by atoms with Crippen LogP contribution in [-0.4, -0.2) is 18.9 Å². The van der Waals surface area contributed by atoms with Crippen molar-refractivity contribution in [2.45, 2.75) is 38.5 Å². The molecule has 1 heterocycles. The smallest absolute Gasteiger partial charge is 0.140 e. The van der Waals surface area contributed by atoms with Crippen molar-refractivity contribution in [3.63, 3.8) is 0 Å². The summed E-state index contributed by atoms with van der Waals surface area (Å²) in [7, 11) is 0. The Hall–Kier alpha value is -0.370. The third-order valence-electron chi connectivity index (χ3n) is 3.37. The maximum absolute atomic E-state index is 11.7. The van der Waals surface area contributed by atoms with Gasteiger partial charge in [0.25, 0.3) is 0 Å². The molecular formula is C10H17NO. The minimum Gasteiger partial charge on any atom is -0.316 e. The van der Waals surface area contributed by atoms with Gasteiger partial charge in [0.05, 0.1) is 0 Å². The van der Waals surface area contributed by atoms with Crippen molar-refractivity contribution in [1.82, 2.24) is 5.32 Å². The molecule has 0 radical (unpaired) electrons. The molecule has 0 aromatic rings. The van der Waals surface area contributed by atoms with E-state index in [0.29, 0.717) is 5.78 Å². The van der Waals surface area contributed by atoms with E-state index in [-0.39, 0.29) is 5.41 Å². The minimum atomic E-state index is 0.0660. The first kappa shape index (κ1) is 8.24. The fourth-order valence-corrected chi connectivity index (χ4v) is 2.57. The topological polar surface area (TPSA) is 29.1 Å². The Morgan fingerprint density at radius 2 is 2.00 bits per heavy atom. The van der Waals surface area contributed by atoms with Gasteiger partial charge in [0.1, 0.15) is 5.78 Å². The predicted molar refractivity (Wildman–Crippen MR) is 48.0 cm³/mol. The lowest BCUT2D eigenvalue weighted by molar-refractivity contribution is -0.132.